The molecule has 2 heterocycles. The second-order valence-electron chi connectivity index (χ2n) is 5.40. The van der Waals surface area contributed by atoms with Crippen molar-refractivity contribution >= 4 is 35.1 Å². The van der Waals surface area contributed by atoms with Gasteiger partial charge in [-0.1, -0.05) is 29.3 Å². The van der Waals surface area contributed by atoms with E-state index in [4.69, 9.17) is 32.7 Å². The fourth-order valence-electron chi connectivity index (χ4n) is 2.64. The lowest BCUT2D eigenvalue weighted by Gasteiger charge is -2.28. The van der Waals surface area contributed by atoms with Gasteiger partial charge in [0.05, 0.1) is 22.2 Å². The molecule has 1 atom stereocenters. The minimum atomic E-state index is -0.524. The van der Waals surface area contributed by atoms with Gasteiger partial charge >= 0.3 is 5.97 Å². The highest BCUT2D eigenvalue weighted by Crippen LogP contribution is 2.37. The third-order valence-electron chi connectivity index (χ3n) is 3.79. The Morgan fingerprint density at radius 1 is 1.32 bits per heavy atom. The average Bonchev–Trinajstić information content (AvgIpc) is 3.04. The number of hydrogen-bond acceptors (Lipinski definition) is 6. The first-order valence-corrected chi connectivity index (χ1v) is 8.26. The number of allylic oxidation sites excluding steroid dienone is 1. The molecule has 132 valence electrons. The normalized spacial score (nSPS) is 16.4. The second-order valence-corrected chi connectivity index (χ2v) is 6.21. The van der Waals surface area contributed by atoms with Crippen LogP contribution in [0.15, 0.2) is 35.8 Å². The summed E-state index contributed by atoms with van der Waals surface area (Å²) in [6, 6.07) is 4.66. The molecule has 0 spiro atoms. The lowest BCUT2D eigenvalue weighted by molar-refractivity contribution is -0.140. The molecular weight excluding hydrogens is 367 g/mol. The molecule has 0 bridgehead atoms. The van der Waals surface area contributed by atoms with Crippen LogP contribution in [0, 0.1) is 0 Å². The maximum absolute atomic E-state index is 12.7. The van der Waals surface area contributed by atoms with E-state index >= 15 is 0 Å². The van der Waals surface area contributed by atoms with Crippen molar-refractivity contribution in [2.24, 2.45) is 0 Å². The molecule has 0 saturated heterocycles. The Labute approximate surface area is 154 Å². The Morgan fingerprint density at radius 3 is 2.84 bits per heavy atom. The van der Waals surface area contributed by atoms with E-state index in [1.54, 1.807) is 36.9 Å². The Hall–Kier alpha value is -2.09. The van der Waals surface area contributed by atoms with Crippen molar-refractivity contribution in [3.63, 3.8) is 0 Å². The van der Waals surface area contributed by atoms with Crippen LogP contribution in [0.2, 0.25) is 10.0 Å². The molecular formula is C16H16Cl2N4O3. The highest BCUT2D eigenvalue weighted by molar-refractivity contribution is 6.42. The molecule has 1 aromatic heterocycles. The maximum atomic E-state index is 12.7. The van der Waals surface area contributed by atoms with Gasteiger partial charge in [-0.3, -0.25) is 0 Å². The van der Waals surface area contributed by atoms with Crippen LogP contribution < -0.4 is 5.32 Å². The average molecular weight is 383 g/mol. The van der Waals surface area contributed by atoms with Gasteiger partial charge in [0.25, 0.3) is 0 Å². The molecule has 0 unspecified atom stereocenters. The molecule has 3 rings (SSSR count). The van der Waals surface area contributed by atoms with Crippen LogP contribution in [0.1, 0.15) is 18.5 Å². The first kappa shape index (κ1) is 17.7. The fourth-order valence-corrected chi connectivity index (χ4v) is 2.95. The number of esters is 1. The van der Waals surface area contributed by atoms with E-state index in [2.05, 4.69) is 15.4 Å². The summed E-state index contributed by atoms with van der Waals surface area (Å²) in [7, 11) is 1.54. The Bertz CT molecular complexity index is 835. The summed E-state index contributed by atoms with van der Waals surface area (Å²) in [4.78, 5) is 16.8. The maximum Gasteiger partial charge on any atom is 0.338 e. The van der Waals surface area contributed by atoms with E-state index in [1.807, 2.05) is 0 Å². The van der Waals surface area contributed by atoms with Gasteiger partial charge in [-0.25, -0.2) is 9.48 Å². The zero-order valence-corrected chi connectivity index (χ0v) is 15.1. The van der Waals surface area contributed by atoms with Crippen LogP contribution >= 0.6 is 23.2 Å². The van der Waals surface area contributed by atoms with Crippen LogP contribution in [0.5, 0.6) is 0 Å². The summed E-state index contributed by atoms with van der Waals surface area (Å²) in [6.45, 7) is 2.26. The number of benzene rings is 1. The zero-order valence-electron chi connectivity index (χ0n) is 13.6. The van der Waals surface area contributed by atoms with Gasteiger partial charge in [-0.05, 0) is 24.6 Å². The minimum Gasteiger partial charge on any atom is -0.460 e. The molecule has 2 aromatic rings. The molecule has 0 amide bonds. The number of nitrogens with one attached hydrogen (secondary N) is 1. The second kappa shape index (κ2) is 7.43. The first-order chi connectivity index (χ1) is 12.0. The summed E-state index contributed by atoms with van der Waals surface area (Å²) >= 11 is 12.2. The van der Waals surface area contributed by atoms with Gasteiger partial charge in [-0.15, -0.1) is 0 Å². The quantitative estimate of drug-likeness (QED) is 0.632. The van der Waals surface area contributed by atoms with Crippen LogP contribution in [0.4, 0.5) is 5.95 Å². The Balaban J connectivity index is 2.03. The minimum absolute atomic E-state index is 0.157. The van der Waals surface area contributed by atoms with Crippen molar-refractivity contribution in [3.05, 3.63) is 51.4 Å². The van der Waals surface area contributed by atoms with Gasteiger partial charge in [0.1, 0.15) is 19.0 Å². The van der Waals surface area contributed by atoms with E-state index in [1.165, 1.54) is 6.33 Å². The predicted octanol–water partition coefficient (Wildman–Crippen LogP) is 3.06. The van der Waals surface area contributed by atoms with Gasteiger partial charge in [0, 0.05) is 12.8 Å². The van der Waals surface area contributed by atoms with Gasteiger partial charge in [0.15, 0.2) is 0 Å². The van der Waals surface area contributed by atoms with Crippen LogP contribution in [-0.4, -0.2) is 41.1 Å². The van der Waals surface area contributed by atoms with Crippen molar-refractivity contribution in [1.29, 1.82) is 0 Å². The van der Waals surface area contributed by atoms with E-state index < -0.39 is 12.0 Å². The zero-order chi connectivity index (χ0) is 18.0. The Morgan fingerprint density at radius 2 is 2.12 bits per heavy atom. The molecule has 0 fully saturated rings. The number of halogens is 2. The smallest absolute Gasteiger partial charge is 0.338 e. The number of carbonyl (C=O) groups is 1. The van der Waals surface area contributed by atoms with E-state index in [0.29, 0.717) is 33.9 Å². The first-order valence-electron chi connectivity index (χ1n) is 7.51. The summed E-state index contributed by atoms with van der Waals surface area (Å²) < 4.78 is 11.8. The van der Waals surface area contributed by atoms with Crippen LogP contribution in [0.25, 0.3) is 0 Å². The van der Waals surface area contributed by atoms with Crippen molar-refractivity contribution in [3.8, 4) is 0 Å². The lowest BCUT2D eigenvalue weighted by Crippen LogP contribution is -2.30. The molecule has 0 saturated carbocycles. The number of hydrogen-bond donors (Lipinski definition) is 1. The van der Waals surface area contributed by atoms with Crippen molar-refractivity contribution in [2.75, 3.05) is 25.6 Å². The molecule has 1 aliphatic heterocycles. The molecule has 1 N–H and O–H groups in total. The highest BCUT2D eigenvalue weighted by Gasteiger charge is 2.34. The topological polar surface area (TPSA) is 78.3 Å². The van der Waals surface area contributed by atoms with Crippen molar-refractivity contribution in [2.45, 2.75) is 13.0 Å². The number of carbonyl (C=O) groups excluding carboxylic acids is 1. The van der Waals surface area contributed by atoms with Crippen LogP contribution in [-0.2, 0) is 14.3 Å². The lowest BCUT2D eigenvalue weighted by atomic mass is 9.96. The van der Waals surface area contributed by atoms with Crippen LogP contribution in [0.3, 0.4) is 0 Å². The SMILES string of the molecule is COCCOC(=O)C1=C(C)Nc2ncnn2[C@H]1c1ccc(Cl)c(Cl)c1. The van der Waals surface area contributed by atoms with Crippen molar-refractivity contribution < 1.29 is 14.3 Å². The molecule has 1 aliphatic rings. The molecule has 25 heavy (non-hydrogen) atoms. The number of ether oxygens (including phenoxy) is 2. The molecule has 0 radical (unpaired) electrons. The molecule has 0 aliphatic carbocycles. The van der Waals surface area contributed by atoms with E-state index in [0.717, 1.165) is 5.56 Å². The molecule has 7 nitrogen and oxygen atoms in total. The number of methoxy groups -OCH3 is 1. The number of anilines is 1. The molecule has 1 aromatic carbocycles. The predicted molar refractivity (Wildman–Crippen MR) is 93.8 cm³/mol. The number of nitrogens with zero attached hydrogens (tertiary/aromatic N) is 3. The third-order valence-corrected chi connectivity index (χ3v) is 4.53. The highest BCUT2D eigenvalue weighted by atomic mass is 35.5. The van der Waals surface area contributed by atoms with Gasteiger partial charge in [0.2, 0.25) is 5.95 Å². The summed E-state index contributed by atoms with van der Waals surface area (Å²) in [5, 5.41) is 8.12. The Kier molecular flexibility index (Phi) is 5.27. The van der Waals surface area contributed by atoms with E-state index in [-0.39, 0.29) is 6.61 Å². The molecule has 9 heteroatoms. The standard InChI is InChI=1S/C16H16Cl2N4O3/c1-9-13(15(23)25-6-5-24-2)14(22-16(21-9)19-8-20-22)10-3-4-11(17)12(18)7-10/h3-4,7-8,14H,5-6H2,1-2H3,(H,19,20,21)/t14-/m0/s1. The third kappa shape index (κ3) is 3.49. The van der Waals surface area contributed by atoms with Crippen molar-refractivity contribution in [1.82, 2.24) is 14.8 Å². The summed E-state index contributed by atoms with van der Waals surface area (Å²) in [5.41, 5.74) is 1.81. The number of rotatable bonds is 5. The fraction of sp³-hybridized carbons (Fsp3) is 0.312. The van der Waals surface area contributed by atoms with Gasteiger partial charge in [-0.2, -0.15) is 10.1 Å². The number of fused-ring (bicyclic) bond motifs is 1. The van der Waals surface area contributed by atoms with Gasteiger partial charge < -0.3 is 14.8 Å². The number of aromatic nitrogens is 3. The monoisotopic (exact) mass is 382 g/mol. The summed E-state index contributed by atoms with van der Waals surface area (Å²) in [5.74, 6) is 0.0706. The largest absolute Gasteiger partial charge is 0.460 e. The van der Waals surface area contributed by atoms with E-state index in [9.17, 15) is 4.79 Å². The summed E-state index contributed by atoms with van der Waals surface area (Å²) in [6.07, 6.45) is 1.42.